The molecule has 2 fully saturated rings. The number of rotatable bonds is 1. The molecule has 1 atom stereocenters. The number of carbonyl (C=O) groups excluding carboxylic acids is 2. The largest absolute Gasteiger partial charge is 0.351 e. The number of hydrogen-bond donors (Lipinski definition) is 0. The van der Waals surface area contributed by atoms with Gasteiger partial charge >= 0.3 is 0 Å². The van der Waals surface area contributed by atoms with Crippen molar-refractivity contribution in [1.82, 2.24) is 19.8 Å². The number of hydrogen-bond acceptors (Lipinski definition) is 5. The number of piperazine rings is 2. The molecule has 0 saturated carbocycles. The molecule has 0 bridgehead atoms. The van der Waals surface area contributed by atoms with Gasteiger partial charge in [0.05, 0.1) is 23.8 Å². The fraction of sp³-hybridized carbons (Fsp3) is 0.375. The average molecular weight is 311 g/mol. The first-order valence-corrected chi connectivity index (χ1v) is 7.64. The van der Waals surface area contributed by atoms with Crippen LogP contribution in [0.15, 0.2) is 30.5 Å². The second kappa shape index (κ2) is 5.19. The number of amides is 2. The Morgan fingerprint density at radius 3 is 2.74 bits per heavy atom. The third-order valence-electron chi connectivity index (χ3n) is 4.49. The van der Waals surface area contributed by atoms with Crippen molar-refractivity contribution in [2.75, 3.05) is 38.1 Å². The quantitative estimate of drug-likeness (QED) is 0.748. The van der Waals surface area contributed by atoms with Gasteiger partial charge in [-0.2, -0.15) is 0 Å². The summed E-state index contributed by atoms with van der Waals surface area (Å²) in [5, 5.41) is 0. The van der Waals surface area contributed by atoms with Crippen LogP contribution in [0.5, 0.6) is 0 Å². The molecule has 118 valence electrons. The Labute approximate surface area is 133 Å². The molecular formula is C16H17N5O2. The van der Waals surface area contributed by atoms with Gasteiger partial charge in [0.15, 0.2) is 0 Å². The summed E-state index contributed by atoms with van der Waals surface area (Å²) in [5.74, 6) is 0.751. The van der Waals surface area contributed by atoms with Gasteiger partial charge < -0.3 is 14.7 Å². The summed E-state index contributed by atoms with van der Waals surface area (Å²) in [6.45, 7) is 1.83. The Morgan fingerprint density at radius 2 is 1.91 bits per heavy atom. The van der Waals surface area contributed by atoms with Crippen LogP contribution in [0.2, 0.25) is 0 Å². The number of aromatic nitrogens is 2. The second-order valence-electron chi connectivity index (χ2n) is 5.96. The maximum atomic E-state index is 12.4. The fourth-order valence-corrected chi connectivity index (χ4v) is 3.23. The van der Waals surface area contributed by atoms with E-state index in [2.05, 4.69) is 9.97 Å². The molecule has 2 aromatic rings. The molecule has 2 amide bonds. The van der Waals surface area contributed by atoms with Crippen LogP contribution in [0.3, 0.4) is 0 Å². The minimum absolute atomic E-state index is 0.0111. The molecule has 0 aliphatic carbocycles. The minimum Gasteiger partial charge on any atom is -0.351 e. The first-order valence-electron chi connectivity index (χ1n) is 7.64. The molecule has 3 heterocycles. The highest BCUT2D eigenvalue weighted by Crippen LogP contribution is 2.22. The fourth-order valence-electron chi connectivity index (χ4n) is 3.23. The number of anilines is 1. The van der Waals surface area contributed by atoms with Gasteiger partial charge in [0, 0.05) is 26.7 Å². The Morgan fingerprint density at radius 1 is 1.13 bits per heavy atom. The summed E-state index contributed by atoms with van der Waals surface area (Å²) in [5.41, 5.74) is 1.68. The van der Waals surface area contributed by atoms with Crippen molar-refractivity contribution < 1.29 is 9.59 Å². The maximum absolute atomic E-state index is 12.4. The van der Waals surface area contributed by atoms with E-state index in [4.69, 9.17) is 0 Å². The zero-order valence-electron chi connectivity index (χ0n) is 12.8. The lowest BCUT2D eigenvalue weighted by atomic mass is 10.1. The molecule has 4 rings (SSSR count). The highest BCUT2D eigenvalue weighted by molar-refractivity contribution is 5.95. The van der Waals surface area contributed by atoms with Gasteiger partial charge in [-0.15, -0.1) is 0 Å². The van der Waals surface area contributed by atoms with E-state index in [1.54, 1.807) is 18.1 Å². The number of likely N-dealkylation sites (N-methyl/N-ethyl adjacent to an activating group) is 1. The molecule has 0 radical (unpaired) electrons. The number of para-hydroxylation sites is 2. The highest BCUT2D eigenvalue weighted by atomic mass is 16.2. The lowest BCUT2D eigenvalue weighted by Gasteiger charge is -2.45. The van der Waals surface area contributed by atoms with Crippen LogP contribution in [0.25, 0.3) is 11.0 Å². The smallest absolute Gasteiger partial charge is 0.247 e. The number of fused-ring (bicyclic) bond motifs is 2. The van der Waals surface area contributed by atoms with E-state index in [1.807, 2.05) is 29.2 Å². The van der Waals surface area contributed by atoms with Gasteiger partial charge in [-0.25, -0.2) is 4.98 Å². The first kappa shape index (κ1) is 13.9. The van der Waals surface area contributed by atoms with E-state index in [9.17, 15) is 9.59 Å². The Kier molecular flexibility index (Phi) is 3.14. The SMILES string of the molecule is CN1CC(=O)N2CCN(c3cnc4ccccc4n3)CC2C1=O. The van der Waals surface area contributed by atoms with Gasteiger partial charge in [0.1, 0.15) is 11.9 Å². The lowest BCUT2D eigenvalue weighted by molar-refractivity contribution is -0.154. The van der Waals surface area contributed by atoms with Crippen molar-refractivity contribution in [2.45, 2.75) is 6.04 Å². The third-order valence-corrected chi connectivity index (χ3v) is 4.49. The number of nitrogens with zero attached hydrogens (tertiary/aromatic N) is 5. The monoisotopic (exact) mass is 311 g/mol. The van der Waals surface area contributed by atoms with E-state index >= 15 is 0 Å². The van der Waals surface area contributed by atoms with Crippen molar-refractivity contribution in [3.05, 3.63) is 30.5 Å². The molecule has 7 nitrogen and oxygen atoms in total. The van der Waals surface area contributed by atoms with Crippen LogP contribution in [0, 0.1) is 0 Å². The van der Waals surface area contributed by atoms with E-state index in [0.29, 0.717) is 19.6 Å². The number of carbonyl (C=O) groups is 2. The van der Waals surface area contributed by atoms with Crippen LogP contribution >= 0.6 is 0 Å². The van der Waals surface area contributed by atoms with Crippen LogP contribution < -0.4 is 4.90 Å². The van der Waals surface area contributed by atoms with Crippen LogP contribution in [-0.2, 0) is 9.59 Å². The summed E-state index contributed by atoms with van der Waals surface area (Å²) < 4.78 is 0. The molecule has 1 unspecified atom stereocenters. The average Bonchev–Trinajstić information content (AvgIpc) is 2.59. The van der Waals surface area contributed by atoms with E-state index in [1.165, 1.54) is 4.90 Å². The molecule has 1 aromatic carbocycles. The standard InChI is InChI=1S/C16H17N5O2/c1-19-10-15(22)21-7-6-20(9-13(21)16(19)23)14-8-17-11-4-2-3-5-12(11)18-14/h2-5,8,13H,6-7,9-10H2,1H3. The Balaban J connectivity index is 1.63. The molecule has 0 spiro atoms. The summed E-state index contributed by atoms with van der Waals surface area (Å²) in [6.07, 6.45) is 1.73. The molecule has 0 N–H and O–H groups in total. The highest BCUT2D eigenvalue weighted by Gasteiger charge is 2.41. The van der Waals surface area contributed by atoms with Crippen molar-refractivity contribution in [2.24, 2.45) is 0 Å². The molecule has 23 heavy (non-hydrogen) atoms. The number of benzene rings is 1. The first-order chi connectivity index (χ1) is 11.1. The van der Waals surface area contributed by atoms with E-state index in [-0.39, 0.29) is 18.4 Å². The van der Waals surface area contributed by atoms with Crippen LogP contribution in [0.4, 0.5) is 5.82 Å². The zero-order valence-corrected chi connectivity index (χ0v) is 12.8. The predicted molar refractivity (Wildman–Crippen MR) is 84.9 cm³/mol. The van der Waals surface area contributed by atoms with Crippen LogP contribution in [0.1, 0.15) is 0 Å². The molecular weight excluding hydrogens is 294 g/mol. The maximum Gasteiger partial charge on any atom is 0.247 e. The van der Waals surface area contributed by atoms with Crippen molar-refractivity contribution in [3.63, 3.8) is 0 Å². The molecule has 2 saturated heterocycles. The zero-order chi connectivity index (χ0) is 16.0. The molecule has 2 aliphatic heterocycles. The van der Waals surface area contributed by atoms with E-state index in [0.717, 1.165) is 16.9 Å². The normalized spacial score (nSPS) is 21.8. The molecule has 1 aromatic heterocycles. The minimum atomic E-state index is -0.428. The van der Waals surface area contributed by atoms with Crippen molar-refractivity contribution >= 4 is 28.7 Å². The Bertz CT molecular complexity index is 793. The third kappa shape index (κ3) is 2.28. The summed E-state index contributed by atoms with van der Waals surface area (Å²) in [6, 6.07) is 7.27. The second-order valence-corrected chi connectivity index (χ2v) is 5.96. The van der Waals surface area contributed by atoms with Gasteiger partial charge in [-0.3, -0.25) is 14.6 Å². The summed E-state index contributed by atoms with van der Waals surface area (Å²) in [4.78, 5) is 38.7. The van der Waals surface area contributed by atoms with Gasteiger partial charge in [0.2, 0.25) is 11.8 Å². The van der Waals surface area contributed by atoms with Crippen LogP contribution in [-0.4, -0.2) is 70.9 Å². The lowest BCUT2D eigenvalue weighted by Crippen LogP contribution is -2.66. The molecule has 2 aliphatic rings. The van der Waals surface area contributed by atoms with Crippen molar-refractivity contribution in [3.8, 4) is 0 Å². The van der Waals surface area contributed by atoms with Gasteiger partial charge in [-0.1, -0.05) is 12.1 Å². The Hall–Kier alpha value is -2.70. The summed E-state index contributed by atoms with van der Waals surface area (Å²) in [7, 11) is 1.67. The van der Waals surface area contributed by atoms with Crippen molar-refractivity contribution in [1.29, 1.82) is 0 Å². The predicted octanol–water partition coefficient (Wildman–Crippen LogP) is 0.119. The molecule has 7 heteroatoms. The summed E-state index contributed by atoms with van der Waals surface area (Å²) >= 11 is 0. The van der Waals surface area contributed by atoms with Gasteiger partial charge in [-0.05, 0) is 12.1 Å². The topological polar surface area (TPSA) is 69.6 Å². The van der Waals surface area contributed by atoms with Gasteiger partial charge in [0.25, 0.3) is 0 Å². The van der Waals surface area contributed by atoms with E-state index < -0.39 is 6.04 Å².